The first-order chi connectivity index (χ1) is 9.98. The van der Waals surface area contributed by atoms with E-state index in [4.69, 9.17) is 0 Å². The number of barbiturate groups is 1. The highest BCUT2D eigenvalue weighted by molar-refractivity contribution is 6.19. The van der Waals surface area contributed by atoms with Crippen molar-refractivity contribution in [1.29, 1.82) is 0 Å². The molecule has 1 spiro atoms. The SMILES string of the molecule is CCc1nn(C)cc1CN1C(=O)NC(=O)C2(CCC2)C1=O. The Balaban J connectivity index is 1.88. The monoisotopic (exact) mass is 290 g/mol. The smallest absolute Gasteiger partial charge is 0.277 e. The Morgan fingerprint density at radius 2 is 2.05 bits per heavy atom. The highest BCUT2D eigenvalue weighted by Crippen LogP contribution is 2.44. The molecule has 3 rings (SSSR count). The van der Waals surface area contributed by atoms with Crippen molar-refractivity contribution in [3.8, 4) is 0 Å². The lowest BCUT2D eigenvalue weighted by molar-refractivity contribution is -0.158. The highest BCUT2D eigenvalue weighted by atomic mass is 16.2. The zero-order valence-electron chi connectivity index (χ0n) is 12.2. The molecule has 0 aromatic carbocycles. The third-order valence-electron chi connectivity index (χ3n) is 4.42. The molecule has 1 N–H and O–H groups in total. The van der Waals surface area contributed by atoms with Crippen LogP contribution in [0.4, 0.5) is 4.79 Å². The van der Waals surface area contributed by atoms with Crippen LogP contribution in [-0.2, 0) is 29.6 Å². The van der Waals surface area contributed by atoms with Gasteiger partial charge in [-0.15, -0.1) is 0 Å². The molecule has 0 unspecified atom stereocenters. The van der Waals surface area contributed by atoms with Gasteiger partial charge in [0.25, 0.3) is 0 Å². The lowest BCUT2D eigenvalue weighted by atomic mass is 9.66. The molecule has 1 aromatic rings. The average molecular weight is 290 g/mol. The Morgan fingerprint density at radius 1 is 1.33 bits per heavy atom. The van der Waals surface area contributed by atoms with E-state index >= 15 is 0 Å². The Labute approximate surface area is 122 Å². The number of rotatable bonds is 3. The Morgan fingerprint density at radius 3 is 2.62 bits per heavy atom. The molecule has 2 fully saturated rings. The number of imide groups is 2. The van der Waals surface area contributed by atoms with Gasteiger partial charge in [-0.25, -0.2) is 4.79 Å². The first kappa shape index (κ1) is 13.8. The number of hydrogen-bond donors (Lipinski definition) is 1. The first-order valence-electron chi connectivity index (χ1n) is 7.16. The average Bonchev–Trinajstić information content (AvgIpc) is 2.73. The molecule has 1 aliphatic carbocycles. The van der Waals surface area contributed by atoms with Crippen LogP contribution in [0.15, 0.2) is 6.20 Å². The summed E-state index contributed by atoms with van der Waals surface area (Å²) in [4.78, 5) is 37.7. The molecule has 1 aliphatic heterocycles. The molecule has 1 aromatic heterocycles. The normalized spacial score (nSPS) is 20.7. The van der Waals surface area contributed by atoms with Crippen molar-refractivity contribution in [2.24, 2.45) is 12.5 Å². The quantitative estimate of drug-likeness (QED) is 0.832. The van der Waals surface area contributed by atoms with E-state index in [1.165, 1.54) is 0 Å². The van der Waals surface area contributed by atoms with Crippen LogP contribution in [0.25, 0.3) is 0 Å². The molecule has 1 saturated carbocycles. The third kappa shape index (κ3) is 1.95. The summed E-state index contributed by atoms with van der Waals surface area (Å²) < 4.78 is 1.67. The van der Waals surface area contributed by atoms with Gasteiger partial charge in [0, 0.05) is 18.8 Å². The van der Waals surface area contributed by atoms with Crippen LogP contribution in [0.2, 0.25) is 0 Å². The highest BCUT2D eigenvalue weighted by Gasteiger charge is 2.57. The van der Waals surface area contributed by atoms with Crippen LogP contribution < -0.4 is 5.32 Å². The van der Waals surface area contributed by atoms with E-state index in [0.717, 1.165) is 29.0 Å². The summed E-state index contributed by atoms with van der Waals surface area (Å²) in [6.07, 6.45) is 4.42. The van der Waals surface area contributed by atoms with Crippen molar-refractivity contribution in [3.05, 3.63) is 17.5 Å². The van der Waals surface area contributed by atoms with Gasteiger partial charge in [-0.3, -0.25) is 24.5 Å². The van der Waals surface area contributed by atoms with E-state index in [-0.39, 0.29) is 12.5 Å². The summed E-state index contributed by atoms with van der Waals surface area (Å²) in [5, 5.41) is 6.63. The minimum Gasteiger partial charge on any atom is -0.277 e. The molecule has 0 atom stereocenters. The largest absolute Gasteiger partial charge is 0.331 e. The van der Waals surface area contributed by atoms with Gasteiger partial charge in [0.1, 0.15) is 5.41 Å². The molecule has 2 heterocycles. The van der Waals surface area contributed by atoms with Crippen LogP contribution in [0.1, 0.15) is 37.4 Å². The third-order valence-corrected chi connectivity index (χ3v) is 4.42. The summed E-state index contributed by atoms with van der Waals surface area (Å²) in [6.45, 7) is 2.14. The summed E-state index contributed by atoms with van der Waals surface area (Å²) >= 11 is 0. The Kier molecular flexibility index (Phi) is 3.07. The number of nitrogens with one attached hydrogen (secondary N) is 1. The molecule has 0 bridgehead atoms. The predicted octanol–water partition coefficient (Wildman–Crippen LogP) is 0.731. The van der Waals surface area contributed by atoms with E-state index in [0.29, 0.717) is 12.8 Å². The van der Waals surface area contributed by atoms with E-state index in [1.807, 2.05) is 13.1 Å². The number of hydrogen-bond acceptors (Lipinski definition) is 4. The molecule has 2 aliphatic rings. The second-order valence-electron chi connectivity index (χ2n) is 5.71. The molecule has 7 nitrogen and oxygen atoms in total. The lowest BCUT2D eigenvalue weighted by Crippen LogP contribution is -2.65. The summed E-state index contributed by atoms with van der Waals surface area (Å²) in [6, 6.07) is -0.631. The topological polar surface area (TPSA) is 84.3 Å². The fourth-order valence-corrected chi connectivity index (χ4v) is 3.03. The van der Waals surface area contributed by atoms with Gasteiger partial charge in [0.15, 0.2) is 0 Å². The number of aromatic nitrogens is 2. The van der Waals surface area contributed by atoms with Crippen molar-refractivity contribution < 1.29 is 14.4 Å². The molecule has 112 valence electrons. The zero-order chi connectivity index (χ0) is 15.2. The number of carbonyl (C=O) groups is 3. The molecule has 4 amide bonds. The second-order valence-corrected chi connectivity index (χ2v) is 5.71. The van der Waals surface area contributed by atoms with E-state index < -0.39 is 17.4 Å². The first-order valence-corrected chi connectivity index (χ1v) is 7.16. The molecule has 0 radical (unpaired) electrons. The van der Waals surface area contributed by atoms with E-state index in [1.54, 1.807) is 11.7 Å². The summed E-state index contributed by atoms with van der Waals surface area (Å²) in [5.41, 5.74) is 0.688. The van der Waals surface area contributed by atoms with Crippen molar-refractivity contribution in [2.45, 2.75) is 39.2 Å². The number of nitrogens with zero attached hydrogens (tertiary/aromatic N) is 3. The van der Waals surface area contributed by atoms with Gasteiger partial charge < -0.3 is 0 Å². The maximum Gasteiger partial charge on any atom is 0.331 e. The summed E-state index contributed by atoms with van der Waals surface area (Å²) in [5.74, 6) is -0.810. The van der Waals surface area contributed by atoms with Crippen LogP contribution in [0, 0.1) is 5.41 Å². The van der Waals surface area contributed by atoms with Crippen molar-refractivity contribution in [3.63, 3.8) is 0 Å². The van der Waals surface area contributed by atoms with E-state index in [2.05, 4.69) is 10.4 Å². The second kappa shape index (κ2) is 4.68. The number of carbonyl (C=O) groups excluding carboxylic acids is 3. The molecular formula is C14H18N4O3. The van der Waals surface area contributed by atoms with Crippen molar-refractivity contribution >= 4 is 17.8 Å². The van der Waals surface area contributed by atoms with Crippen molar-refractivity contribution in [2.75, 3.05) is 0 Å². The van der Waals surface area contributed by atoms with Gasteiger partial charge in [0.2, 0.25) is 11.8 Å². The molecule has 7 heteroatoms. The van der Waals surface area contributed by atoms with Gasteiger partial charge in [-0.05, 0) is 19.3 Å². The van der Waals surface area contributed by atoms with Gasteiger partial charge >= 0.3 is 6.03 Å². The maximum atomic E-state index is 12.6. The number of amides is 4. The number of urea groups is 1. The minimum atomic E-state index is -1.01. The van der Waals surface area contributed by atoms with Crippen LogP contribution in [-0.4, -0.2) is 32.5 Å². The van der Waals surface area contributed by atoms with Gasteiger partial charge in [-0.1, -0.05) is 13.3 Å². The van der Waals surface area contributed by atoms with Gasteiger partial charge in [-0.2, -0.15) is 5.10 Å². The van der Waals surface area contributed by atoms with E-state index in [9.17, 15) is 14.4 Å². The Bertz CT molecular complexity index is 630. The van der Waals surface area contributed by atoms with Crippen LogP contribution in [0.3, 0.4) is 0 Å². The maximum absolute atomic E-state index is 12.6. The fraction of sp³-hybridized carbons (Fsp3) is 0.571. The molecular weight excluding hydrogens is 272 g/mol. The lowest BCUT2D eigenvalue weighted by Gasteiger charge is -2.44. The fourth-order valence-electron chi connectivity index (χ4n) is 3.03. The minimum absolute atomic E-state index is 0.163. The zero-order valence-corrected chi connectivity index (χ0v) is 12.2. The standard InChI is InChI=1S/C14H18N4O3/c1-3-10-9(7-17(2)16-10)8-18-12(20)14(5-4-6-14)11(19)15-13(18)21/h7H,3-6,8H2,1-2H3,(H,15,19,21). The van der Waals surface area contributed by atoms with Gasteiger partial charge in [0.05, 0.1) is 12.2 Å². The van der Waals surface area contributed by atoms with Crippen LogP contribution in [0.5, 0.6) is 0 Å². The predicted molar refractivity (Wildman–Crippen MR) is 73.0 cm³/mol. The Hall–Kier alpha value is -2.18. The number of aryl methyl sites for hydroxylation is 2. The van der Waals surface area contributed by atoms with Crippen molar-refractivity contribution in [1.82, 2.24) is 20.0 Å². The summed E-state index contributed by atoms with van der Waals surface area (Å²) in [7, 11) is 1.80. The van der Waals surface area contributed by atoms with Crippen LogP contribution >= 0.6 is 0 Å². The molecule has 1 saturated heterocycles. The molecule has 21 heavy (non-hydrogen) atoms.